The minimum atomic E-state index is -0.744. The predicted molar refractivity (Wildman–Crippen MR) is 177 cm³/mol. The third kappa shape index (κ3) is 3.93. The number of alkyl halides is 2. The largest absolute Gasteiger partial charge is 0.122 e. The quantitative estimate of drug-likeness (QED) is 0.182. The maximum absolute atomic E-state index is 7.63. The molecule has 2 aliphatic heterocycles. The lowest BCUT2D eigenvalue weighted by molar-refractivity contribution is 0.818. The lowest BCUT2D eigenvalue weighted by Crippen LogP contribution is -2.26. The van der Waals surface area contributed by atoms with Crippen LogP contribution in [0.2, 0.25) is 0 Å². The van der Waals surface area contributed by atoms with E-state index in [9.17, 15) is 0 Å². The molecule has 8 rings (SSSR count). The molecule has 0 fully saturated rings. The maximum atomic E-state index is 7.63. The molecule has 0 amide bonds. The van der Waals surface area contributed by atoms with Crippen LogP contribution < -0.4 is 0 Å². The molecule has 0 radical (unpaired) electrons. The SMILES string of the molecule is ClC1(c2ccc(-c3ccc(C4(Cl)c5ccccc5Sc5ccccc54)cc3)cc2)c2ccccc2Sc2ccccc21. The number of rotatable bonds is 3. The number of fused-ring (bicyclic) bond motifs is 4. The van der Waals surface area contributed by atoms with Gasteiger partial charge in [0.15, 0.2) is 0 Å². The Morgan fingerprint density at radius 2 is 0.595 bits per heavy atom. The highest BCUT2D eigenvalue weighted by Gasteiger charge is 2.42. The summed E-state index contributed by atoms with van der Waals surface area (Å²) in [6, 6.07) is 51.3. The lowest BCUT2D eigenvalue weighted by atomic mass is 9.82. The van der Waals surface area contributed by atoms with Crippen molar-refractivity contribution in [2.45, 2.75) is 29.3 Å². The van der Waals surface area contributed by atoms with Gasteiger partial charge in [-0.15, -0.1) is 23.2 Å². The topological polar surface area (TPSA) is 0 Å². The minimum absolute atomic E-state index is 0.744. The molecule has 2 heterocycles. The van der Waals surface area contributed by atoms with E-state index in [1.165, 1.54) is 19.6 Å². The first kappa shape index (κ1) is 26.2. The van der Waals surface area contributed by atoms with Gasteiger partial charge in [-0.3, -0.25) is 0 Å². The fourth-order valence-electron chi connectivity index (χ4n) is 6.29. The van der Waals surface area contributed by atoms with Gasteiger partial charge in [0.2, 0.25) is 0 Å². The second kappa shape index (κ2) is 10.1. The summed E-state index contributed by atoms with van der Waals surface area (Å²) in [5, 5.41) is 0. The van der Waals surface area contributed by atoms with Crippen LogP contribution in [-0.4, -0.2) is 0 Å². The number of hydrogen-bond acceptors (Lipinski definition) is 2. The Balaban J connectivity index is 1.17. The van der Waals surface area contributed by atoms with Gasteiger partial charge in [0.05, 0.1) is 0 Å². The first-order valence-electron chi connectivity index (χ1n) is 13.9. The van der Waals surface area contributed by atoms with Crippen molar-refractivity contribution in [2.75, 3.05) is 0 Å². The second-order valence-electron chi connectivity index (χ2n) is 10.7. The van der Waals surface area contributed by atoms with E-state index in [1.54, 1.807) is 23.5 Å². The molecule has 0 saturated heterocycles. The molecule has 0 atom stereocenters. The Bertz CT molecular complexity index is 1730. The fourth-order valence-corrected chi connectivity index (χ4v) is 9.81. The monoisotopic (exact) mass is 614 g/mol. The van der Waals surface area contributed by atoms with Crippen molar-refractivity contribution >= 4 is 46.7 Å². The van der Waals surface area contributed by atoms with Gasteiger partial charge in [-0.05, 0) is 68.8 Å². The van der Waals surface area contributed by atoms with Gasteiger partial charge in [0.25, 0.3) is 0 Å². The highest BCUT2D eigenvalue weighted by atomic mass is 35.5. The molecular formula is C38H24Cl2S2. The lowest BCUT2D eigenvalue weighted by Gasteiger charge is -2.36. The normalized spacial score (nSPS) is 15.6. The molecule has 0 aliphatic carbocycles. The molecule has 0 N–H and O–H groups in total. The third-order valence-electron chi connectivity index (χ3n) is 8.37. The van der Waals surface area contributed by atoms with Crippen LogP contribution in [0, 0.1) is 0 Å². The molecule has 4 heteroatoms. The highest BCUT2D eigenvalue weighted by Crippen LogP contribution is 2.56. The Kier molecular flexibility index (Phi) is 6.31. The smallest absolute Gasteiger partial charge is 0.103 e. The summed E-state index contributed by atoms with van der Waals surface area (Å²) in [6.07, 6.45) is 0. The van der Waals surface area contributed by atoms with Crippen molar-refractivity contribution in [1.29, 1.82) is 0 Å². The molecule has 6 aromatic carbocycles. The van der Waals surface area contributed by atoms with E-state index in [2.05, 4.69) is 146 Å². The second-order valence-corrected chi connectivity index (χ2v) is 14.0. The molecule has 42 heavy (non-hydrogen) atoms. The highest BCUT2D eigenvalue weighted by molar-refractivity contribution is 7.99. The van der Waals surface area contributed by atoms with E-state index < -0.39 is 9.75 Å². The van der Waals surface area contributed by atoms with E-state index in [-0.39, 0.29) is 0 Å². The zero-order valence-electron chi connectivity index (χ0n) is 22.4. The Morgan fingerprint density at radius 1 is 0.333 bits per heavy atom. The first-order valence-corrected chi connectivity index (χ1v) is 16.3. The molecule has 0 nitrogen and oxygen atoms in total. The fraction of sp³-hybridized carbons (Fsp3) is 0.0526. The molecule has 6 aromatic rings. The van der Waals surface area contributed by atoms with E-state index in [0.717, 1.165) is 44.5 Å². The molecule has 0 bridgehead atoms. The molecule has 0 spiro atoms. The van der Waals surface area contributed by atoms with Gasteiger partial charge in [-0.25, -0.2) is 0 Å². The van der Waals surface area contributed by atoms with Crippen molar-refractivity contribution in [3.05, 3.63) is 179 Å². The molecule has 0 aromatic heterocycles. The van der Waals surface area contributed by atoms with Crippen molar-refractivity contribution in [2.24, 2.45) is 0 Å². The van der Waals surface area contributed by atoms with Crippen LogP contribution >= 0.6 is 46.7 Å². The van der Waals surface area contributed by atoms with E-state index >= 15 is 0 Å². The van der Waals surface area contributed by atoms with Gasteiger partial charge in [-0.1, -0.05) is 145 Å². The Labute approximate surface area is 264 Å². The van der Waals surface area contributed by atoms with Crippen LogP contribution in [0.5, 0.6) is 0 Å². The summed E-state index contributed by atoms with van der Waals surface area (Å²) < 4.78 is 0. The molecule has 2 aliphatic rings. The summed E-state index contributed by atoms with van der Waals surface area (Å²) >= 11 is 18.8. The average molecular weight is 616 g/mol. The summed E-state index contributed by atoms with van der Waals surface area (Å²) in [4.78, 5) is 3.31. The number of hydrogen-bond donors (Lipinski definition) is 0. The standard InChI is InChI=1S/C38H24Cl2S2/c39-37(29-9-1-5-13-33(29)41-34-14-6-2-10-30(34)37)27-21-17-25(18-22-27)26-19-23-28(24-20-26)38(40)31-11-3-7-15-35(31)42-36-16-8-4-12-32(36)38/h1-24H. The summed E-state index contributed by atoms with van der Waals surface area (Å²) in [5.41, 5.74) is 8.94. The number of halogens is 2. The van der Waals surface area contributed by atoms with Crippen LogP contribution in [0.15, 0.2) is 165 Å². The van der Waals surface area contributed by atoms with Gasteiger partial charge in [-0.2, -0.15) is 0 Å². The molecule has 202 valence electrons. The average Bonchev–Trinajstić information content (AvgIpc) is 3.05. The molecule has 0 saturated carbocycles. The Hall–Kier alpha value is -3.40. The van der Waals surface area contributed by atoms with E-state index in [0.29, 0.717) is 0 Å². The van der Waals surface area contributed by atoms with Crippen LogP contribution in [-0.2, 0) is 9.75 Å². The van der Waals surface area contributed by atoms with Crippen molar-refractivity contribution in [3.8, 4) is 11.1 Å². The third-order valence-corrected chi connectivity index (χ3v) is 11.9. The van der Waals surface area contributed by atoms with Gasteiger partial charge in [0, 0.05) is 19.6 Å². The zero-order valence-corrected chi connectivity index (χ0v) is 25.6. The van der Waals surface area contributed by atoms with Gasteiger partial charge >= 0.3 is 0 Å². The first-order chi connectivity index (χ1) is 20.6. The van der Waals surface area contributed by atoms with Crippen LogP contribution in [0.1, 0.15) is 33.4 Å². The van der Waals surface area contributed by atoms with Crippen LogP contribution in [0.25, 0.3) is 11.1 Å². The van der Waals surface area contributed by atoms with Crippen molar-refractivity contribution in [3.63, 3.8) is 0 Å². The molecule has 0 unspecified atom stereocenters. The van der Waals surface area contributed by atoms with Crippen LogP contribution in [0.4, 0.5) is 0 Å². The van der Waals surface area contributed by atoms with E-state index in [4.69, 9.17) is 23.2 Å². The summed E-state index contributed by atoms with van der Waals surface area (Å²) in [7, 11) is 0. The Morgan fingerprint density at radius 3 is 0.881 bits per heavy atom. The summed E-state index contributed by atoms with van der Waals surface area (Å²) in [5.74, 6) is 0. The molecular weight excluding hydrogens is 591 g/mol. The summed E-state index contributed by atoms with van der Waals surface area (Å²) in [6.45, 7) is 0. The predicted octanol–water partition coefficient (Wildman–Crippen LogP) is 11.3. The maximum Gasteiger partial charge on any atom is 0.122 e. The van der Waals surface area contributed by atoms with Gasteiger partial charge < -0.3 is 0 Å². The van der Waals surface area contributed by atoms with Crippen molar-refractivity contribution in [1.82, 2.24) is 0 Å². The minimum Gasteiger partial charge on any atom is -0.103 e. The van der Waals surface area contributed by atoms with E-state index in [1.807, 2.05) is 0 Å². The number of benzene rings is 6. The van der Waals surface area contributed by atoms with Crippen molar-refractivity contribution < 1.29 is 0 Å². The van der Waals surface area contributed by atoms with Gasteiger partial charge in [0.1, 0.15) is 9.75 Å². The van der Waals surface area contributed by atoms with Crippen LogP contribution in [0.3, 0.4) is 0 Å². The zero-order chi connectivity index (χ0) is 28.3.